The van der Waals surface area contributed by atoms with Crippen LogP contribution in [0, 0.1) is 0 Å². The summed E-state index contributed by atoms with van der Waals surface area (Å²) in [5.41, 5.74) is 10.9. The van der Waals surface area contributed by atoms with Crippen LogP contribution in [0.1, 0.15) is 0 Å². The fraction of sp³-hybridized carbons (Fsp3) is 0. The highest BCUT2D eigenvalue weighted by Crippen LogP contribution is 2.49. The minimum absolute atomic E-state index is 0.856. The van der Waals surface area contributed by atoms with Crippen molar-refractivity contribution in [3.63, 3.8) is 0 Å². The van der Waals surface area contributed by atoms with Crippen LogP contribution in [0.25, 0.3) is 91.5 Å². The van der Waals surface area contributed by atoms with Crippen molar-refractivity contribution in [2.45, 2.75) is 0 Å². The van der Waals surface area contributed by atoms with Crippen molar-refractivity contribution in [1.29, 1.82) is 0 Å². The van der Waals surface area contributed by atoms with Gasteiger partial charge in [0.05, 0.1) is 16.7 Å². The number of thiophene rings is 1. The monoisotopic (exact) mass is 732 g/mol. The van der Waals surface area contributed by atoms with Crippen molar-refractivity contribution in [2.24, 2.45) is 0 Å². The summed E-state index contributed by atoms with van der Waals surface area (Å²) in [6, 6.07) is 70.1. The molecule has 3 nitrogen and oxygen atoms in total. The second kappa shape index (κ2) is 12.2. The van der Waals surface area contributed by atoms with Crippen LogP contribution in [-0.2, 0) is 0 Å². The van der Waals surface area contributed by atoms with Gasteiger partial charge in [-0.1, -0.05) is 121 Å². The number of hydrogen-bond donors (Lipinski definition) is 0. The lowest BCUT2D eigenvalue weighted by Gasteiger charge is -2.27. The van der Waals surface area contributed by atoms with Crippen molar-refractivity contribution in [2.75, 3.05) is 4.90 Å². The lowest BCUT2D eigenvalue weighted by atomic mass is 10.0. The molecule has 4 heteroatoms. The minimum atomic E-state index is 0.856. The van der Waals surface area contributed by atoms with Crippen LogP contribution in [-0.4, -0.2) is 4.57 Å². The van der Waals surface area contributed by atoms with Crippen LogP contribution >= 0.6 is 11.3 Å². The molecule has 0 aliphatic carbocycles. The molecule has 3 aromatic heterocycles. The van der Waals surface area contributed by atoms with E-state index in [0.717, 1.165) is 44.7 Å². The molecule has 0 amide bonds. The van der Waals surface area contributed by atoms with E-state index in [2.05, 4.69) is 204 Å². The second-order valence-corrected chi connectivity index (χ2v) is 15.6. The standard InChI is InChI=1S/C52H32N2OS/c1-2-12-33(13-3-1)34-22-24-36(25-23-34)53(47-30-35-14-4-5-15-39(35)52-51(47)43-18-8-11-21-50(43)56-52)38-26-28-42-44-31-37(27-29-48(44)55-49(42)32-38)54-45-19-9-6-16-40(45)41-17-7-10-20-46(41)54/h1-32H. The molecule has 262 valence electrons. The largest absolute Gasteiger partial charge is 0.456 e. The van der Waals surface area contributed by atoms with Gasteiger partial charge in [-0.05, 0) is 88.6 Å². The van der Waals surface area contributed by atoms with Crippen molar-refractivity contribution < 1.29 is 4.42 Å². The van der Waals surface area contributed by atoms with E-state index in [0.29, 0.717) is 0 Å². The van der Waals surface area contributed by atoms with Crippen LogP contribution in [0.3, 0.4) is 0 Å². The maximum Gasteiger partial charge on any atom is 0.137 e. The van der Waals surface area contributed by atoms with Crippen LogP contribution in [0.4, 0.5) is 17.1 Å². The summed E-state index contributed by atoms with van der Waals surface area (Å²) in [6.07, 6.45) is 0. The SMILES string of the molecule is c1ccc(-c2ccc(N(c3ccc4c(c3)oc3ccc(-n5c6ccccc6c6ccccc65)cc34)c3cc4ccccc4c4sc5ccccc5c34)cc2)cc1. The lowest BCUT2D eigenvalue weighted by Crippen LogP contribution is -2.10. The van der Waals surface area contributed by atoms with E-state index in [1.54, 1.807) is 0 Å². The van der Waals surface area contributed by atoms with Gasteiger partial charge in [0.2, 0.25) is 0 Å². The number of rotatable bonds is 5. The summed E-state index contributed by atoms with van der Waals surface area (Å²) in [4.78, 5) is 2.42. The molecule has 0 radical (unpaired) electrons. The predicted octanol–water partition coefficient (Wildman–Crippen LogP) is 15.3. The number of anilines is 3. The number of benzene rings is 9. The molecule has 0 saturated heterocycles. The third kappa shape index (κ3) is 4.70. The van der Waals surface area contributed by atoms with E-state index < -0.39 is 0 Å². The third-order valence-electron chi connectivity index (χ3n) is 11.4. The molecule has 12 aromatic rings. The summed E-state index contributed by atoms with van der Waals surface area (Å²) in [5.74, 6) is 0. The van der Waals surface area contributed by atoms with E-state index in [9.17, 15) is 0 Å². The van der Waals surface area contributed by atoms with Crippen molar-refractivity contribution in [3.8, 4) is 16.8 Å². The van der Waals surface area contributed by atoms with Crippen LogP contribution in [0.15, 0.2) is 199 Å². The smallest absolute Gasteiger partial charge is 0.137 e. The number of nitrogens with zero attached hydrogens (tertiary/aromatic N) is 2. The molecule has 0 unspecified atom stereocenters. The van der Waals surface area contributed by atoms with Gasteiger partial charge in [0.1, 0.15) is 11.2 Å². The highest BCUT2D eigenvalue weighted by molar-refractivity contribution is 7.26. The van der Waals surface area contributed by atoms with Crippen molar-refractivity contribution >= 4 is 103 Å². The van der Waals surface area contributed by atoms with Gasteiger partial charge in [0.25, 0.3) is 0 Å². The van der Waals surface area contributed by atoms with Gasteiger partial charge in [-0.15, -0.1) is 11.3 Å². The normalized spacial score (nSPS) is 11.9. The fourth-order valence-corrected chi connectivity index (χ4v) is 10.1. The Labute approximate surface area is 326 Å². The molecular formula is C52H32N2OS. The zero-order valence-electron chi connectivity index (χ0n) is 30.2. The summed E-state index contributed by atoms with van der Waals surface area (Å²) in [7, 11) is 0. The van der Waals surface area contributed by atoms with Gasteiger partial charge in [-0.25, -0.2) is 0 Å². The molecule has 0 atom stereocenters. The molecule has 0 N–H and O–H groups in total. The number of para-hydroxylation sites is 2. The summed E-state index contributed by atoms with van der Waals surface area (Å²) in [6.45, 7) is 0. The maximum atomic E-state index is 6.72. The fourth-order valence-electron chi connectivity index (χ4n) is 8.81. The number of aromatic nitrogens is 1. The molecule has 0 spiro atoms. The first-order valence-corrected chi connectivity index (χ1v) is 19.8. The number of fused-ring (bicyclic) bond motifs is 11. The Balaban J connectivity index is 1.08. The Morgan fingerprint density at radius 1 is 0.429 bits per heavy atom. The summed E-state index contributed by atoms with van der Waals surface area (Å²) in [5, 5.41) is 9.72. The Hall–Kier alpha value is -7.14. The highest BCUT2D eigenvalue weighted by atomic mass is 32.1. The summed E-state index contributed by atoms with van der Waals surface area (Å²) >= 11 is 1.87. The van der Waals surface area contributed by atoms with Crippen molar-refractivity contribution in [1.82, 2.24) is 4.57 Å². The maximum absolute atomic E-state index is 6.72. The van der Waals surface area contributed by atoms with Crippen LogP contribution in [0.2, 0.25) is 0 Å². The molecular weight excluding hydrogens is 701 g/mol. The predicted molar refractivity (Wildman–Crippen MR) is 239 cm³/mol. The van der Waals surface area contributed by atoms with Crippen molar-refractivity contribution in [3.05, 3.63) is 194 Å². The molecule has 0 aliphatic rings. The minimum Gasteiger partial charge on any atom is -0.456 e. The molecule has 3 heterocycles. The molecule has 56 heavy (non-hydrogen) atoms. The van der Waals surface area contributed by atoms with E-state index in [-0.39, 0.29) is 0 Å². The van der Waals surface area contributed by atoms with E-state index in [4.69, 9.17) is 4.42 Å². The highest BCUT2D eigenvalue weighted by Gasteiger charge is 2.22. The molecule has 0 fully saturated rings. The first-order valence-electron chi connectivity index (χ1n) is 19.0. The van der Waals surface area contributed by atoms with Gasteiger partial charge in [-0.2, -0.15) is 0 Å². The number of furan rings is 1. The second-order valence-electron chi connectivity index (χ2n) is 14.5. The molecule has 9 aromatic carbocycles. The summed E-state index contributed by atoms with van der Waals surface area (Å²) < 4.78 is 11.7. The molecule has 0 saturated carbocycles. The zero-order valence-corrected chi connectivity index (χ0v) is 31.0. The zero-order chi connectivity index (χ0) is 36.7. The van der Waals surface area contributed by atoms with Gasteiger partial charge >= 0.3 is 0 Å². The lowest BCUT2D eigenvalue weighted by molar-refractivity contribution is 0.669. The van der Waals surface area contributed by atoms with Crippen LogP contribution in [0.5, 0.6) is 0 Å². The molecule has 12 rings (SSSR count). The van der Waals surface area contributed by atoms with Gasteiger partial charge in [0, 0.05) is 64.8 Å². The Bertz CT molecular complexity index is 3430. The average Bonchev–Trinajstić information content (AvgIpc) is 3.94. The molecule has 0 bridgehead atoms. The molecule has 0 aliphatic heterocycles. The average molecular weight is 733 g/mol. The Kier molecular flexibility index (Phi) is 6.80. The third-order valence-corrected chi connectivity index (χ3v) is 12.6. The number of hydrogen-bond acceptors (Lipinski definition) is 3. The van der Waals surface area contributed by atoms with Gasteiger partial charge in [0.15, 0.2) is 0 Å². The topological polar surface area (TPSA) is 21.3 Å². The van der Waals surface area contributed by atoms with E-state index in [1.165, 1.54) is 63.9 Å². The first kappa shape index (κ1) is 31.2. The first-order chi connectivity index (χ1) is 27.8. The Morgan fingerprint density at radius 2 is 1.07 bits per heavy atom. The van der Waals surface area contributed by atoms with E-state index in [1.807, 2.05) is 11.3 Å². The van der Waals surface area contributed by atoms with E-state index >= 15 is 0 Å². The quantitative estimate of drug-likeness (QED) is 0.176. The van der Waals surface area contributed by atoms with Crippen LogP contribution < -0.4 is 4.90 Å². The van der Waals surface area contributed by atoms with Gasteiger partial charge in [-0.3, -0.25) is 0 Å². The Morgan fingerprint density at radius 3 is 1.86 bits per heavy atom. The van der Waals surface area contributed by atoms with Gasteiger partial charge < -0.3 is 13.9 Å².